The quantitative estimate of drug-likeness (QED) is 0.0414. The largest absolute Gasteiger partial charge is 0.494 e. The van der Waals surface area contributed by atoms with Gasteiger partial charge in [0.2, 0.25) is 29.5 Å². The van der Waals surface area contributed by atoms with E-state index in [4.69, 9.17) is 21.1 Å². The maximum Gasteiger partial charge on any atom is 0.416 e. The van der Waals surface area contributed by atoms with Gasteiger partial charge in [0, 0.05) is 44.6 Å². The number of carbonyl (C=O) groups is 5. The van der Waals surface area contributed by atoms with Gasteiger partial charge in [0.15, 0.2) is 0 Å². The van der Waals surface area contributed by atoms with Crippen molar-refractivity contribution in [2.45, 2.75) is 97.3 Å². The van der Waals surface area contributed by atoms with E-state index in [0.29, 0.717) is 71.6 Å². The van der Waals surface area contributed by atoms with Gasteiger partial charge >= 0.3 is 6.18 Å². The highest BCUT2D eigenvalue weighted by atomic mass is 35.5. The molecule has 0 radical (unpaired) electrons. The first kappa shape index (κ1) is 53.8. The van der Waals surface area contributed by atoms with Gasteiger partial charge in [0.25, 0.3) is 0 Å². The fourth-order valence-corrected chi connectivity index (χ4v) is 8.87. The van der Waals surface area contributed by atoms with Gasteiger partial charge in [-0.25, -0.2) is 4.98 Å². The van der Waals surface area contributed by atoms with Gasteiger partial charge in [-0.2, -0.15) is 13.2 Å². The van der Waals surface area contributed by atoms with Crippen LogP contribution in [-0.2, 0) is 43.2 Å². The number of benzene rings is 4. The Labute approximate surface area is 419 Å². The van der Waals surface area contributed by atoms with Crippen molar-refractivity contribution in [2.75, 3.05) is 30.5 Å². The summed E-state index contributed by atoms with van der Waals surface area (Å²) in [6.45, 7) is 7.26. The van der Waals surface area contributed by atoms with E-state index in [1.165, 1.54) is 23.5 Å². The van der Waals surface area contributed by atoms with Gasteiger partial charge < -0.3 is 40.3 Å². The second-order valence-corrected chi connectivity index (χ2v) is 19.3. The number of hydrogen-bond donors (Lipinski definition) is 4. The Bertz CT molecular complexity index is 2610. The average molecular weight is 1020 g/mol. The first-order valence-electron chi connectivity index (χ1n) is 23.1. The van der Waals surface area contributed by atoms with Crippen LogP contribution in [0.5, 0.6) is 17.2 Å². The summed E-state index contributed by atoms with van der Waals surface area (Å²) in [5.74, 6) is -0.885. The number of aryl methyl sites for hydroxylation is 1. The Morgan fingerprint density at radius 1 is 0.887 bits per heavy atom. The summed E-state index contributed by atoms with van der Waals surface area (Å²) in [5, 5.41) is 18.6. The van der Waals surface area contributed by atoms with Crippen LogP contribution >= 0.6 is 22.9 Å². The highest BCUT2D eigenvalue weighted by Crippen LogP contribution is 2.37. The highest BCUT2D eigenvalue weighted by molar-refractivity contribution is 7.13. The molecule has 6 rings (SSSR count). The third-order valence-corrected chi connectivity index (χ3v) is 12.9. The second-order valence-electron chi connectivity index (χ2n) is 18.2. The minimum Gasteiger partial charge on any atom is -0.494 e. The fourth-order valence-electron chi connectivity index (χ4n) is 7.92. The van der Waals surface area contributed by atoms with Crippen LogP contribution in [0, 0.1) is 12.3 Å². The van der Waals surface area contributed by atoms with E-state index in [1.807, 2.05) is 30.3 Å². The molecule has 1 aliphatic rings. The van der Waals surface area contributed by atoms with E-state index in [1.54, 1.807) is 86.6 Å². The Hall–Kier alpha value is -6.50. The Morgan fingerprint density at radius 2 is 1.55 bits per heavy atom. The fraction of sp³-hybridized carbons (Fsp3) is 0.385. The topological polar surface area (TPSA) is 179 Å². The number of carbonyl (C=O) groups excluding carboxylic acids is 5. The number of aliphatic hydroxyl groups excluding tert-OH is 1. The van der Waals surface area contributed by atoms with Gasteiger partial charge in [-0.05, 0) is 96.5 Å². The Morgan fingerprint density at radius 3 is 2.18 bits per heavy atom. The maximum absolute atomic E-state index is 14.2. The van der Waals surface area contributed by atoms with Gasteiger partial charge in [0.05, 0.1) is 40.9 Å². The monoisotopic (exact) mass is 1020 g/mol. The van der Waals surface area contributed by atoms with E-state index in [9.17, 15) is 42.3 Å². The number of nitrogens with one attached hydrogen (secondary N) is 3. The molecule has 1 fully saturated rings. The molecule has 378 valence electrons. The number of likely N-dealkylation sites (tertiary alicyclic amines) is 1. The lowest BCUT2D eigenvalue weighted by Gasteiger charge is -2.35. The Balaban J connectivity index is 0.903. The normalized spacial score (nSPS) is 15.1. The zero-order valence-corrected chi connectivity index (χ0v) is 41.5. The van der Waals surface area contributed by atoms with Crippen LogP contribution in [0.4, 0.5) is 18.9 Å². The van der Waals surface area contributed by atoms with Crippen molar-refractivity contribution in [1.29, 1.82) is 0 Å². The lowest BCUT2D eigenvalue weighted by atomic mass is 9.85. The van der Waals surface area contributed by atoms with Crippen molar-refractivity contribution in [3.63, 3.8) is 0 Å². The Kier molecular flexibility index (Phi) is 18.6. The molecule has 5 amide bonds. The van der Waals surface area contributed by atoms with E-state index in [0.717, 1.165) is 16.5 Å². The molecule has 5 aromatic rings. The number of alkyl halides is 4. The number of nitrogens with zero attached hydrogens (tertiary/aromatic N) is 3. The first-order chi connectivity index (χ1) is 33.8. The van der Waals surface area contributed by atoms with Crippen LogP contribution in [0.3, 0.4) is 0 Å². The molecular formula is C52H58ClF3N6O8S. The molecule has 0 aliphatic carbocycles. The second kappa shape index (κ2) is 24.6. The zero-order chi connectivity index (χ0) is 51.3. The van der Waals surface area contributed by atoms with Crippen LogP contribution in [0.25, 0.3) is 10.4 Å². The van der Waals surface area contributed by atoms with Crippen molar-refractivity contribution in [1.82, 2.24) is 25.8 Å². The minimum atomic E-state index is -4.72. The van der Waals surface area contributed by atoms with Crippen molar-refractivity contribution in [3.05, 3.63) is 125 Å². The van der Waals surface area contributed by atoms with Gasteiger partial charge in [-0.15, -0.1) is 22.9 Å². The van der Waals surface area contributed by atoms with Crippen LogP contribution in [0.15, 0.2) is 103 Å². The predicted octanol–water partition coefficient (Wildman–Crippen LogP) is 8.57. The van der Waals surface area contributed by atoms with Crippen molar-refractivity contribution in [2.24, 2.45) is 5.41 Å². The number of β-amino-alcohol motifs (C(OH)–C–C–N with tert-alkyl or cyclic N) is 1. The number of unbranched alkanes of at least 4 members (excludes halogenated alkanes) is 1. The van der Waals surface area contributed by atoms with Gasteiger partial charge in [0.1, 0.15) is 35.2 Å². The van der Waals surface area contributed by atoms with Crippen LogP contribution in [0.2, 0.25) is 0 Å². The number of hydrogen-bond acceptors (Lipinski definition) is 10. The predicted molar refractivity (Wildman–Crippen MR) is 265 cm³/mol. The molecule has 14 nitrogen and oxygen atoms in total. The van der Waals surface area contributed by atoms with Crippen molar-refractivity contribution >= 4 is 58.2 Å². The summed E-state index contributed by atoms with van der Waals surface area (Å²) >= 11 is 7.11. The average Bonchev–Trinajstić information content (AvgIpc) is 3.97. The van der Waals surface area contributed by atoms with Crippen molar-refractivity contribution < 1.29 is 51.7 Å². The molecule has 0 spiro atoms. The summed E-state index contributed by atoms with van der Waals surface area (Å²) in [5.41, 5.74) is 2.19. The van der Waals surface area contributed by atoms with Gasteiger partial charge in [-0.1, -0.05) is 63.2 Å². The summed E-state index contributed by atoms with van der Waals surface area (Å²) in [6.07, 6.45) is -5.09. The molecule has 3 atom stereocenters. The molecule has 1 saturated heterocycles. The van der Waals surface area contributed by atoms with Crippen LogP contribution in [0.1, 0.15) is 75.3 Å². The van der Waals surface area contributed by atoms with E-state index < -0.39 is 59.6 Å². The van der Waals surface area contributed by atoms with Gasteiger partial charge in [-0.3, -0.25) is 24.0 Å². The number of aromatic nitrogens is 1. The number of ether oxygens (including phenoxy) is 2. The molecule has 2 heterocycles. The lowest BCUT2D eigenvalue weighted by molar-refractivity contribution is -0.144. The lowest BCUT2D eigenvalue weighted by Crippen LogP contribution is -2.57. The smallest absolute Gasteiger partial charge is 0.416 e. The summed E-state index contributed by atoms with van der Waals surface area (Å²) in [6, 6.07) is 25.4. The van der Waals surface area contributed by atoms with E-state index >= 15 is 0 Å². The molecule has 3 unspecified atom stereocenters. The standard InChI is InChI=1S/C52H58ClF3N6O8S/c1-33-47(71-32-59-33)35-12-13-36(42(26-35)52(54,55)56)29-58-49(67)43-27-38(63)31-62(43)50(68)48(51(2,3)4)60-45(65)23-22-44(64)57-24-8-9-25-69-39-18-20-41(21-19-39)70-40-16-14-37(15-17-40)61(46(66)28-53)30-34-10-6-5-7-11-34/h5-7,10-21,26,32,38,43,48,63H,8-9,22-25,27-31H2,1-4H3,(H,57,64)(H,58,67)(H,60,65). The summed E-state index contributed by atoms with van der Waals surface area (Å²) in [4.78, 5) is 73.4. The molecule has 1 aliphatic heterocycles. The molecule has 0 bridgehead atoms. The van der Waals surface area contributed by atoms with Crippen LogP contribution in [-0.4, -0.2) is 88.3 Å². The SMILES string of the molecule is Cc1ncsc1-c1ccc(CNC(=O)C2CC(O)CN2C(=O)C(NC(=O)CCC(=O)NCCCCOc2ccc(Oc3ccc(N(Cc4ccccc4)C(=O)CCl)cc3)cc2)C(C)(C)C)c(C(F)(F)F)c1. The molecule has 4 N–H and O–H groups in total. The minimum absolute atomic E-state index is 0.144. The van der Waals surface area contributed by atoms with Crippen molar-refractivity contribution in [3.8, 4) is 27.7 Å². The number of amides is 5. The van der Waals surface area contributed by atoms with E-state index in [-0.39, 0.29) is 49.1 Å². The highest BCUT2D eigenvalue weighted by Gasteiger charge is 2.45. The molecule has 4 aromatic carbocycles. The molecular weight excluding hydrogens is 961 g/mol. The number of anilines is 1. The zero-order valence-electron chi connectivity index (χ0n) is 39.9. The number of halogens is 4. The molecule has 1 aromatic heterocycles. The number of rotatable bonds is 21. The maximum atomic E-state index is 14.2. The van der Waals surface area contributed by atoms with Crippen LogP contribution < -0.4 is 30.3 Å². The summed E-state index contributed by atoms with van der Waals surface area (Å²) in [7, 11) is 0. The third kappa shape index (κ3) is 15.2. The molecule has 19 heteroatoms. The third-order valence-electron chi connectivity index (χ3n) is 11.7. The summed E-state index contributed by atoms with van der Waals surface area (Å²) < 4.78 is 54.4. The number of thiazole rings is 1. The molecule has 71 heavy (non-hydrogen) atoms. The van der Waals surface area contributed by atoms with E-state index in [2.05, 4.69) is 20.9 Å². The molecule has 0 saturated carbocycles. The number of aliphatic hydroxyl groups is 1. The first-order valence-corrected chi connectivity index (χ1v) is 24.6.